The molecule has 0 fully saturated rings. The van der Waals surface area contributed by atoms with Crippen LogP contribution in [0.1, 0.15) is 6.92 Å². The molecule has 0 aliphatic carbocycles. The van der Waals surface area contributed by atoms with Crippen molar-refractivity contribution in [1.29, 1.82) is 0 Å². The molecule has 0 amide bonds. The zero-order chi connectivity index (χ0) is 7.94. The van der Waals surface area contributed by atoms with E-state index in [1.54, 1.807) is 0 Å². The zero-order valence-corrected chi connectivity index (χ0v) is 6.94. The van der Waals surface area contributed by atoms with Crippen LogP contribution < -0.4 is 0 Å². The Labute approximate surface area is 62.6 Å². The van der Waals surface area contributed by atoms with Crippen molar-refractivity contribution in [2.75, 3.05) is 14.1 Å². The minimum atomic E-state index is 0.755. The number of quaternary nitrogens is 1. The summed E-state index contributed by atoms with van der Waals surface area (Å²) >= 11 is 0. The Morgan fingerprint density at radius 3 is 1.90 bits per heavy atom. The van der Waals surface area contributed by atoms with Crippen molar-refractivity contribution < 1.29 is 4.48 Å². The topological polar surface area (TPSA) is 0 Å². The Bertz CT molecular complexity index is 231. The Morgan fingerprint density at radius 2 is 1.80 bits per heavy atom. The molecule has 0 saturated heterocycles. The van der Waals surface area contributed by atoms with Crippen LogP contribution in [0, 0.1) is 0 Å². The molecule has 0 atom stereocenters. The fourth-order valence-electron chi connectivity index (χ4n) is 1.22. The van der Waals surface area contributed by atoms with E-state index in [1.165, 1.54) is 5.57 Å². The summed E-state index contributed by atoms with van der Waals surface area (Å²) in [6, 6.07) is 0. The SMILES string of the molecule is C=C1C(=C)[N+](C)(C)C=C1C. The van der Waals surface area contributed by atoms with Crippen molar-refractivity contribution >= 4 is 0 Å². The minimum absolute atomic E-state index is 0.755. The van der Waals surface area contributed by atoms with Crippen LogP contribution >= 0.6 is 0 Å². The number of hydrogen-bond donors (Lipinski definition) is 0. The van der Waals surface area contributed by atoms with Gasteiger partial charge in [0, 0.05) is 11.1 Å². The van der Waals surface area contributed by atoms with Gasteiger partial charge in [0.1, 0.15) is 11.9 Å². The molecule has 0 spiro atoms. The minimum Gasteiger partial charge on any atom is -0.269 e. The van der Waals surface area contributed by atoms with Crippen LogP contribution in [0.2, 0.25) is 0 Å². The van der Waals surface area contributed by atoms with Crippen LogP contribution in [-0.4, -0.2) is 18.6 Å². The summed E-state index contributed by atoms with van der Waals surface area (Å²) in [5, 5.41) is 0. The van der Waals surface area contributed by atoms with E-state index in [2.05, 4.69) is 40.4 Å². The summed E-state index contributed by atoms with van der Waals surface area (Å²) in [5.41, 5.74) is 3.43. The highest BCUT2D eigenvalue weighted by Gasteiger charge is 2.28. The van der Waals surface area contributed by atoms with Gasteiger partial charge in [0.15, 0.2) is 0 Å². The lowest BCUT2D eigenvalue weighted by Gasteiger charge is -2.20. The molecule has 0 aromatic heterocycles. The predicted octanol–water partition coefficient (Wildman–Crippen LogP) is 2.05. The predicted molar refractivity (Wildman–Crippen MR) is 44.1 cm³/mol. The second kappa shape index (κ2) is 1.83. The molecule has 10 heavy (non-hydrogen) atoms. The Hall–Kier alpha value is -0.820. The lowest BCUT2D eigenvalue weighted by atomic mass is 10.1. The van der Waals surface area contributed by atoms with E-state index in [1.807, 2.05) is 0 Å². The molecule has 1 aliphatic heterocycles. The molecule has 0 aromatic rings. The van der Waals surface area contributed by atoms with Crippen LogP contribution in [0.5, 0.6) is 0 Å². The summed E-state index contributed by atoms with van der Waals surface area (Å²) in [5.74, 6) is 0. The van der Waals surface area contributed by atoms with Gasteiger partial charge in [-0.25, -0.2) is 0 Å². The first kappa shape index (κ1) is 7.29. The fourth-order valence-corrected chi connectivity index (χ4v) is 1.22. The van der Waals surface area contributed by atoms with Gasteiger partial charge in [-0.05, 0) is 13.5 Å². The highest BCUT2D eigenvalue weighted by Crippen LogP contribution is 2.31. The maximum atomic E-state index is 3.96. The molecule has 1 rings (SSSR count). The molecule has 1 heteroatoms. The Kier molecular flexibility index (Phi) is 1.33. The van der Waals surface area contributed by atoms with Gasteiger partial charge in [-0.2, -0.15) is 0 Å². The van der Waals surface area contributed by atoms with Crippen molar-refractivity contribution in [3.8, 4) is 0 Å². The Morgan fingerprint density at radius 1 is 1.30 bits per heavy atom. The van der Waals surface area contributed by atoms with Gasteiger partial charge < -0.3 is 0 Å². The van der Waals surface area contributed by atoms with E-state index >= 15 is 0 Å². The largest absolute Gasteiger partial charge is 0.269 e. The number of allylic oxidation sites excluding steroid dienone is 1. The standard InChI is InChI=1S/C9H14N/c1-7-6-10(4,5)9(3)8(7)2/h6H,2-3H2,1,4-5H3/q+1. The second-order valence-corrected chi connectivity index (χ2v) is 3.28. The molecule has 54 valence electrons. The van der Waals surface area contributed by atoms with Crippen molar-refractivity contribution in [3.63, 3.8) is 0 Å². The summed E-state index contributed by atoms with van der Waals surface area (Å²) in [4.78, 5) is 0. The van der Waals surface area contributed by atoms with Crippen LogP contribution in [-0.2, 0) is 0 Å². The molecule has 0 unspecified atom stereocenters. The van der Waals surface area contributed by atoms with Gasteiger partial charge in [0.05, 0.1) is 14.1 Å². The molecule has 0 radical (unpaired) electrons. The van der Waals surface area contributed by atoms with Crippen molar-refractivity contribution in [2.45, 2.75) is 6.92 Å². The maximum absolute atomic E-state index is 3.96. The molecule has 1 heterocycles. The van der Waals surface area contributed by atoms with Crippen LogP contribution in [0.4, 0.5) is 0 Å². The average molecular weight is 136 g/mol. The summed E-state index contributed by atoms with van der Waals surface area (Å²) in [6.45, 7) is 9.96. The number of likely N-dealkylation sites (N-methyl/N-ethyl adjacent to an activating group) is 1. The van der Waals surface area contributed by atoms with Crippen LogP contribution in [0.3, 0.4) is 0 Å². The molecular formula is C9H14N+. The quantitative estimate of drug-likeness (QED) is 0.447. The third-order valence-corrected chi connectivity index (χ3v) is 2.04. The highest BCUT2D eigenvalue weighted by molar-refractivity contribution is 5.42. The number of nitrogens with zero attached hydrogens (tertiary/aromatic N) is 1. The van der Waals surface area contributed by atoms with Gasteiger partial charge >= 0.3 is 0 Å². The van der Waals surface area contributed by atoms with E-state index in [-0.39, 0.29) is 0 Å². The maximum Gasteiger partial charge on any atom is 0.136 e. The van der Waals surface area contributed by atoms with Crippen molar-refractivity contribution in [3.05, 3.63) is 36.2 Å². The summed E-state index contributed by atoms with van der Waals surface area (Å²) < 4.78 is 0.755. The van der Waals surface area contributed by atoms with Crippen molar-refractivity contribution in [2.24, 2.45) is 0 Å². The lowest BCUT2D eigenvalue weighted by molar-refractivity contribution is -0.791. The van der Waals surface area contributed by atoms with E-state index in [0.29, 0.717) is 0 Å². The van der Waals surface area contributed by atoms with Gasteiger partial charge in [0.25, 0.3) is 0 Å². The third kappa shape index (κ3) is 0.830. The average Bonchev–Trinajstić information content (AvgIpc) is 1.95. The van der Waals surface area contributed by atoms with Gasteiger partial charge in [-0.3, -0.25) is 4.48 Å². The van der Waals surface area contributed by atoms with Crippen molar-refractivity contribution in [1.82, 2.24) is 0 Å². The van der Waals surface area contributed by atoms with Crippen LogP contribution in [0.15, 0.2) is 36.2 Å². The number of rotatable bonds is 0. The van der Waals surface area contributed by atoms with E-state index in [4.69, 9.17) is 0 Å². The first-order valence-corrected chi connectivity index (χ1v) is 3.37. The summed E-state index contributed by atoms with van der Waals surface area (Å²) in [6.07, 6.45) is 2.16. The number of hydrogen-bond acceptors (Lipinski definition) is 0. The molecule has 0 N–H and O–H groups in total. The smallest absolute Gasteiger partial charge is 0.136 e. The molecule has 1 nitrogen and oxygen atoms in total. The van der Waals surface area contributed by atoms with Crippen LogP contribution in [0.25, 0.3) is 0 Å². The molecular weight excluding hydrogens is 122 g/mol. The molecule has 1 aliphatic rings. The third-order valence-electron chi connectivity index (χ3n) is 2.04. The van der Waals surface area contributed by atoms with Gasteiger partial charge in [-0.15, -0.1) is 0 Å². The van der Waals surface area contributed by atoms with Gasteiger partial charge in [-0.1, -0.05) is 6.58 Å². The van der Waals surface area contributed by atoms with E-state index in [0.717, 1.165) is 15.8 Å². The lowest BCUT2D eigenvalue weighted by Crippen LogP contribution is -2.28. The van der Waals surface area contributed by atoms with E-state index in [9.17, 15) is 0 Å². The molecule has 0 aromatic carbocycles. The molecule has 0 saturated carbocycles. The first-order valence-electron chi connectivity index (χ1n) is 3.37. The second-order valence-electron chi connectivity index (χ2n) is 3.28. The van der Waals surface area contributed by atoms with Gasteiger partial charge in [0.2, 0.25) is 0 Å². The Balaban J connectivity index is 3.10. The summed E-state index contributed by atoms with van der Waals surface area (Å²) in [7, 11) is 4.20. The first-order chi connectivity index (χ1) is 4.45. The normalized spacial score (nSPS) is 23.3. The molecule has 0 bridgehead atoms. The highest BCUT2D eigenvalue weighted by atomic mass is 15.3. The monoisotopic (exact) mass is 136 g/mol. The fraction of sp³-hybridized carbons (Fsp3) is 0.333. The zero-order valence-electron chi connectivity index (χ0n) is 6.94. The van der Waals surface area contributed by atoms with E-state index < -0.39 is 0 Å².